The van der Waals surface area contributed by atoms with Crippen LogP contribution >= 0.6 is 0 Å². The lowest BCUT2D eigenvalue weighted by Gasteiger charge is -2.00. The predicted octanol–water partition coefficient (Wildman–Crippen LogP) is 0.545. The first-order valence-corrected chi connectivity index (χ1v) is 4.41. The van der Waals surface area contributed by atoms with Gasteiger partial charge in [0.1, 0.15) is 0 Å². The molecule has 0 rings (SSSR count). The molecule has 0 radical (unpaired) electrons. The van der Waals surface area contributed by atoms with Gasteiger partial charge in [-0.15, -0.1) is 0 Å². The van der Waals surface area contributed by atoms with E-state index >= 15 is 0 Å². The highest BCUT2D eigenvalue weighted by molar-refractivity contribution is 6.58. The summed E-state index contributed by atoms with van der Waals surface area (Å²) in [6.45, 7) is 0.945. The Balaban J connectivity index is 0. The fourth-order valence-corrected chi connectivity index (χ4v) is 0.550. The average Bonchev–Trinajstić information content (AvgIpc) is 1.87. The third kappa shape index (κ3) is 17.7. The Morgan fingerprint density at radius 3 is 1.91 bits per heavy atom. The molecule has 1 N–H and O–H groups in total. The summed E-state index contributed by atoms with van der Waals surface area (Å²) in [5.74, 6) is -0.889. The van der Waals surface area contributed by atoms with Gasteiger partial charge in [0.25, 0.3) is 0 Å². The Bertz CT molecular complexity index is 114. The largest absolute Gasteiger partial charge is 0.656 e. The highest BCUT2D eigenvalue weighted by Crippen LogP contribution is 2.07. The van der Waals surface area contributed by atoms with Crippen LogP contribution in [0.1, 0.15) is 6.92 Å². The summed E-state index contributed by atoms with van der Waals surface area (Å²) in [4.78, 5) is 9.79. The molecule has 0 saturated heterocycles. The molecule has 0 saturated carbocycles. The second-order valence-corrected chi connectivity index (χ2v) is 2.91. The van der Waals surface area contributed by atoms with Gasteiger partial charge in [-0.1, -0.05) is 0 Å². The molecule has 0 spiro atoms. The minimum Gasteiger partial charge on any atom is -0.460 e. The molecule has 0 fully saturated rings. The molecule has 0 heterocycles. The molecule has 0 aliphatic carbocycles. The van der Waals surface area contributed by atoms with E-state index in [0.717, 1.165) is 14.0 Å². The Kier molecular flexibility index (Phi) is 7.32. The molecule has 7 heteroatoms. The predicted molar refractivity (Wildman–Crippen MR) is 33.9 cm³/mol. The Morgan fingerprint density at radius 1 is 1.45 bits per heavy atom. The van der Waals surface area contributed by atoms with Crippen LogP contribution in [-0.2, 0) is 9.53 Å². The molecule has 0 bridgehead atoms. The standard InChI is InChI=1S/C3H5F3O2Si.CH4O/c1-3(7)8-2-9(4,5)6;1-2/h2H2,1H3;2H,1H3. The van der Waals surface area contributed by atoms with Gasteiger partial charge in [0.15, 0.2) is 6.23 Å². The van der Waals surface area contributed by atoms with E-state index in [1.165, 1.54) is 0 Å². The topological polar surface area (TPSA) is 46.5 Å². The molecule has 0 unspecified atom stereocenters. The van der Waals surface area contributed by atoms with Crippen molar-refractivity contribution in [3.05, 3.63) is 0 Å². The lowest BCUT2D eigenvalue weighted by atomic mass is 10.8. The van der Waals surface area contributed by atoms with Gasteiger partial charge in [-0.05, 0) is 0 Å². The van der Waals surface area contributed by atoms with E-state index in [-0.39, 0.29) is 0 Å². The molecule has 0 aromatic rings. The van der Waals surface area contributed by atoms with Crippen LogP contribution in [0, 0.1) is 0 Å². The molecule has 0 aliphatic heterocycles. The van der Waals surface area contributed by atoms with Crippen LogP contribution in [0.15, 0.2) is 0 Å². The van der Waals surface area contributed by atoms with Gasteiger partial charge in [-0.2, -0.15) is 0 Å². The fourth-order valence-electron chi connectivity index (χ4n) is 0.183. The van der Waals surface area contributed by atoms with Crippen LogP contribution in [0.4, 0.5) is 12.3 Å². The summed E-state index contributed by atoms with van der Waals surface area (Å²) in [6.07, 6.45) is -1.36. The number of hydrogen-bond donors (Lipinski definition) is 1. The molecular weight excluding hydrogens is 181 g/mol. The molecule has 0 amide bonds. The highest BCUT2D eigenvalue weighted by atomic mass is 28.5. The van der Waals surface area contributed by atoms with Crippen LogP contribution in [0.5, 0.6) is 0 Å². The van der Waals surface area contributed by atoms with Crippen molar-refractivity contribution < 1.29 is 27.0 Å². The molecule has 0 aromatic carbocycles. The maximum absolute atomic E-state index is 11.3. The summed E-state index contributed by atoms with van der Waals surface area (Å²) in [6, 6.07) is 0. The van der Waals surface area contributed by atoms with E-state index in [1.54, 1.807) is 0 Å². The molecule has 0 aromatic heterocycles. The first kappa shape index (κ1) is 13.1. The summed E-state index contributed by atoms with van der Waals surface area (Å²) in [5, 5.41) is 7.00. The van der Waals surface area contributed by atoms with Gasteiger partial charge < -0.3 is 9.84 Å². The van der Waals surface area contributed by atoms with Crippen molar-refractivity contribution in [2.24, 2.45) is 0 Å². The number of rotatable bonds is 2. The number of hydrogen-bond acceptors (Lipinski definition) is 3. The zero-order valence-corrected chi connectivity index (χ0v) is 7.10. The van der Waals surface area contributed by atoms with Crippen molar-refractivity contribution in [1.82, 2.24) is 0 Å². The number of esters is 1. The van der Waals surface area contributed by atoms with Gasteiger partial charge in [-0.3, -0.25) is 4.79 Å². The smallest absolute Gasteiger partial charge is 0.460 e. The molecule has 3 nitrogen and oxygen atoms in total. The SMILES string of the molecule is CC(=O)OC[Si](F)(F)F.CO. The number of carbonyl (C=O) groups excluding carboxylic acids is 1. The minimum absolute atomic E-state index is 0.889. The maximum Gasteiger partial charge on any atom is 0.656 e. The molecule has 0 atom stereocenters. The van der Waals surface area contributed by atoms with E-state index in [0.29, 0.717) is 0 Å². The Morgan fingerprint density at radius 2 is 1.82 bits per heavy atom. The first-order valence-electron chi connectivity index (χ1n) is 2.56. The van der Waals surface area contributed by atoms with E-state index in [1.807, 2.05) is 0 Å². The van der Waals surface area contributed by atoms with Crippen LogP contribution in [0.25, 0.3) is 0 Å². The fraction of sp³-hybridized carbons (Fsp3) is 0.750. The van der Waals surface area contributed by atoms with Gasteiger partial charge in [-0.25, -0.2) is 12.3 Å². The molecule has 11 heavy (non-hydrogen) atoms. The van der Waals surface area contributed by atoms with Crippen LogP contribution < -0.4 is 0 Å². The average molecular weight is 190 g/mol. The monoisotopic (exact) mass is 190 g/mol. The second-order valence-electron chi connectivity index (χ2n) is 1.40. The van der Waals surface area contributed by atoms with Crippen molar-refractivity contribution in [3.63, 3.8) is 0 Å². The van der Waals surface area contributed by atoms with Crippen LogP contribution in [0.2, 0.25) is 0 Å². The van der Waals surface area contributed by atoms with E-state index in [9.17, 15) is 17.1 Å². The maximum atomic E-state index is 11.3. The second kappa shape index (κ2) is 6.17. The van der Waals surface area contributed by atoms with Crippen LogP contribution in [-0.4, -0.2) is 33.5 Å². The van der Waals surface area contributed by atoms with Crippen molar-refractivity contribution in [3.8, 4) is 0 Å². The summed E-state index contributed by atoms with van der Waals surface area (Å²) in [5.41, 5.74) is 0. The van der Waals surface area contributed by atoms with Gasteiger partial charge in [0, 0.05) is 14.0 Å². The zero-order chi connectivity index (χ0) is 9.49. The normalized spacial score (nSPS) is 9.64. The van der Waals surface area contributed by atoms with Crippen LogP contribution in [0.3, 0.4) is 0 Å². The van der Waals surface area contributed by atoms with Crippen molar-refractivity contribution in [2.75, 3.05) is 13.3 Å². The number of ether oxygens (including phenoxy) is 1. The van der Waals surface area contributed by atoms with Crippen molar-refractivity contribution in [2.45, 2.75) is 6.92 Å². The number of carbonyl (C=O) groups is 1. The first-order chi connectivity index (χ1) is 4.92. The van der Waals surface area contributed by atoms with E-state index in [4.69, 9.17) is 5.11 Å². The van der Waals surface area contributed by atoms with Crippen molar-refractivity contribution >= 4 is 15.0 Å². The zero-order valence-electron chi connectivity index (χ0n) is 6.10. The minimum atomic E-state index is -5.66. The quantitative estimate of drug-likeness (QED) is 0.393. The van der Waals surface area contributed by atoms with Gasteiger partial charge in [0.2, 0.25) is 0 Å². The van der Waals surface area contributed by atoms with Gasteiger partial charge >= 0.3 is 15.0 Å². The number of aliphatic hydroxyl groups is 1. The lowest BCUT2D eigenvalue weighted by molar-refractivity contribution is -0.139. The third-order valence-electron chi connectivity index (χ3n) is 0.439. The molecule has 68 valence electrons. The number of halogens is 3. The molecule has 0 aliphatic rings. The van der Waals surface area contributed by atoms with Gasteiger partial charge in [0.05, 0.1) is 0 Å². The Hall–Kier alpha value is -0.563. The van der Waals surface area contributed by atoms with E-state index < -0.39 is 21.3 Å². The summed E-state index contributed by atoms with van der Waals surface area (Å²) < 4.78 is 37.5. The highest BCUT2D eigenvalue weighted by Gasteiger charge is 2.38. The lowest BCUT2D eigenvalue weighted by Crippen LogP contribution is -2.25. The van der Waals surface area contributed by atoms with Crippen molar-refractivity contribution in [1.29, 1.82) is 0 Å². The third-order valence-corrected chi connectivity index (χ3v) is 0.911. The molecular formula is C4H9F3O3Si. The van der Waals surface area contributed by atoms with E-state index in [2.05, 4.69) is 4.74 Å². The summed E-state index contributed by atoms with van der Waals surface area (Å²) in [7, 11) is -4.66. The Labute approximate surface area is 63.3 Å². The summed E-state index contributed by atoms with van der Waals surface area (Å²) >= 11 is 0. The number of aliphatic hydroxyl groups excluding tert-OH is 1.